The van der Waals surface area contributed by atoms with Crippen LogP contribution in [0.25, 0.3) is 11.1 Å². The van der Waals surface area contributed by atoms with Crippen LogP contribution in [-0.2, 0) is 13.1 Å². The molecule has 0 spiro atoms. The lowest BCUT2D eigenvalue weighted by atomic mass is 9.98. The monoisotopic (exact) mass is 406 g/mol. The molecule has 2 aromatic carbocycles. The van der Waals surface area contributed by atoms with Gasteiger partial charge in [0, 0.05) is 18.4 Å². The number of rotatable bonds is 8. The number of carboxylic acid groups (broad SMARTS) is 1. The van der Waals surface area contributed by atoms with E-state index in [-0.39, 0.29) is 11.3 Å². The number of benzene rings is 2. The van der Waals surface area contributed by atoms with E-state index >= 15 is 0 Å². The summed E-state index contributed by atoms with van der Waals surface area (Å²) in [5.74, 6) is -0.240. The third-order valence-corrected chi connectivity index (χ3v) is 5.52. The van der Waals surface area contributed by atoms with Gasteiger partial charge in [0.05, 0.1) is 12.1 Å². The molecule has 1 N–H and O–H groups in total. The number of carbonyl (C=O) groups is 1. The molecule has 0 aliphatic rings. The fourth-order valence-corrected chi connectivity index (χ4v) is 3.73. The highest BCUT2D eigenvalue weighted by atomic mass is 16.4. The van der Waals surface area contributed by atoms with Crippen molar-refractivity contribution in [3.05, 3.63) is 82.0 Å². The van der Waals surface area contributed by atoms with Crippen LogP contribution in [0.15, 0.2) is 59.5 Å². The molecule has 5 nitrogen and oxygen atoms in total. The first-order valence-electron chi connectivity index (χ1n) is 10.5. The largest absolute Gasteiger partial charge is 0.478 e. The lowest BCUT2D eigenvalue weighted by Crippen LogP contribution is -2.27. The van der Waals surface area contributed by atoms with E-state index in [0.29, 0.717) is 30.5 Å². The van der Waals surface area contributed by atoms with Crippen molar-refractivity contribution >= 4 is 5.97 Å². The summed E-state index contributed by atoms with van der Waals surface area (Å²) >= 11 is 0. The summed E-state index contributed by atoms with van der Waals surface area (Å²) in [5.41, 5.74) is 3.93. The van der Waals surface area contributed by atoms with Crippen LogP contribution in [0, 0.1) is 5.92 Å². The molecule has 0 bridgehead atoms. The SMILES string of the molecule is CCC(C)c1cn(CC(C)C)c(=O)n1Cc1ccc(-c2ccccc2C(=O)O)cc1. The minimum absolute atomic E-state index is 0.0271. The minimum atomic E-state index is -0.939. The van der Waals surface area contributed by atoms with Crippen LogP contribution < -0.4 is 5.69 Å². The van der Waals surface area contributed by atoms with Gasteiger partial charge in [-0.25, -0.2) is 9.59 Å². The first kappa shape index (κ1) is 21.6. The van der Waals surface area contributed by atoms with Crippen LogP contribution in [0.3, 0.4) is 0 Å². The van der Waals surface area contributed by atoms with Crippen molar-refractivity contribution in [3.63, 3.8) is 0 Å². The van der Waals surface area contributed by atoms with Gasteiger partial charge < -0.3 is 5.11 Å². The molecular formula is C25H30N2O3. The van der Waals surface area contributed by atoms with E-state index in [1.54, 1.807) is 12.1 Å². The van der Waals surface area contributed by atoms with E-state index in [4.69, 9.17) is 0 Å². The molecule has 0 radical (unpaired) electrons. The van der Waals surface area contributed by atoms with E-state index in [1.807, 2.05) is 51.7 Å². The minimum Gasteiger partial charge on any atom is -0.478 e. The van der Waals surface area contributed by atoms with Crippen molar-refractivity contribution in [1.82, 2.24) is 9.13 Å². The van der Waals surface area contributed by atoms with Gasteiger partial charge in [0.2, 0.25) is 0 Å². The van der Waals surface area contributed by atoms with Crippen LogP contribution in [0.2, 0.25) is 0 Å². The van der Waals surface area contributed by atoms with Crippen LogP contribution in [0.4, 0.5) is 0 Å². The van der Waals surface area contributed by atoms with E-state index in [1.165, 1.54) is 0 Å². The molecular weight excluding hydrogens is 376 g/mol. The number of hydrogen-bond acceptors (Lipinski definition) is 2. The van der Waals surface area contributed by atoms with Gasteiger partial charge in [-0.2, -0.15) is 0 Å². The first-order valence-corrected chi connectivity index (χ1v) is 10.5. The molecule has 0 aliphatic carbocycles. The lowest BCUT2D eigenvalue weighted by molar-refractivity contribution is 0.0697. The summed E-state index contributed by atoms with van der Waals surface area (Å²) in [6.45, 7) is 9.72. The van der Waals surface area contributed by atoms with Crippen LogP contribution in [0.5, 0.6) is 0 Å². The molecule has 1 unspecified atom stereocenters. The zero-order valence-electron chi connectivity index (χ0n) is 18.1. The average Bonchev–Trinajstić information content (AvgIpc) is 3.03. The first-order chi connectivity index (χ1) is 14.3. The second-order valence-corrected chi connectivity index (χ2v) is 8.33. The number of aromatic carboxylic acids is 1. The Balaban J connectivity index is 1.93. The third-order valence-electron chi connectivity index (χ3n) is 5.52. The highest BCUT2D eigenvalue weighted by Crippen LogP contribution is 2.25. The second-order valence-electron chi connectivity index (χ2n) is 8.33. The highest BCUT2D eigenvalue weighted by molar-refractivity contribution is 5.95. The lowest BCUT2D eigenvalue weighted by Gasteiger charge is -2.13. The van der Waals surface area contributed by atoms with Crippen LogP contribution in [0.1, 0.15) is 61.6 Å². The predicted octanol–water partition coefficient (Wildman–Crippen LogP) is 5.23. The van der Waals surface area contributed by atoms with Gasteiger partial charge in [-0.1, -0.05) is 70.2 Å². The normalized spacial score (nSPS) is 12.3. The van der Waals surface area contributed by atoms with Gasteiger partial charge in [0.25, 0.3) is 0 Å². The molecule has 0 amide bonds. The van der Waals surface area contributed by atoms with Crippen molar-refractivity contribution in [3.8, 4) is 11.1 Å². The van der Waals surface area contributed by atoms with E-state index in [9.17, 15) is 14.7 Å². The summed E-state index contributed by atoms with van der Waals surface area (Å²) in [4.78, 5) is 24.5. The van der Waals surface area contributed by atoms with Gasteiger partial charge in [-0.3, -0.25) is 9.13 Å². The Hall–Kier alpha value is -3.08. The standard InChI is InChI=1S/C25H30N2O3/c1-5-18(4)23-16-26(14-17(2)3)25(30)27(23)15-19-10-12-20(13-11-19)21-8-6-7-9-22(21)24(28)29/h6-13,16-18H,5,14-15H2,1-4H3,(H,28,29). The third kappa shape index (κ3) is 4.56. The topological polar surface area (TPSA) is 64.2 Å². The van der Waals surface area contributed by atoms with E-state index < -0.39 is 5.97 Å². The highest BCUT2D eigenvalue weighted by Gasteiger charge is 2.17. The Bertz CT molecular complexity index is 1070. The molecule has 5 heteroatoms. The number of carboxylic acids is 1. The smallest absolute Gasteiger partial charge is 0.336 e. The number of nitrogens with zero attached hydrogens (tertiary/aromatic N) is 2. The van der Waals surface area contributed by atoms with Gasteiger partial charge in [-0.15, -0.1) is 0 Å². The summed E-state index contributed by atoms with van der Waals surface area (Å²) in [7, 11) is 0. The Morgan fingerprint density at radius 1 is 1.03 bits per heavy atom. The maximum absolute atomic E-state index is 13.0. The van der Waals surface area contributed by atoms with Crippen molar-refractivity contribution < 1.29 is 9.90 Å². The number of imidazole rings is 1. The van der Waals surface area contributed by atoms with Gasteiger partial charge in [0.1, 0.15) is 0 Å². The zero-order chi connectivity index (χ0) is 21.8. The van der Waals surface area contributed by atoms with E-state index in [0.717, 1.165) is 23.2 Å². The molecule has 3 aromatic rings. The predicted molar refractivity (Wildman–Crippen MR) is 120 cm³/mol. The van der Waals surface area contributed by atoms with Crippen LogP contribution in [-0.4, -0.2) is 20.2 Å². The summed E-state index contributed by atoms with van der Waals surface area (Å²) in [6.07, 6.45) is 2.98. The molecule has 158 valence electrons. The maximum Gasteiger partial charge on any atom is 0.336 e. The summed E-state index contributed by atoms with van der Waals surface area (Å²) in [5, 5.41) is 9.44. The molecule has 0 aliphatic heterocycles. The fraction of sp³-hybridized carbons (Fsp3) is 0.360. The van der Waals surface area contributed by atoms with Crippen molar-refractivity contribution in [1.29, 1.82) is 0 Å². The Kier molecular flexibility index (Phi) is 6.60. The van der Waals surface area contributed by atoms with E-state index in [2.05, 4.69) is 27.7 Å². The Morgan fingerprint density at radius 3 is 2.30 bits per heavy atom. The molecule has 0 saturated heterocycles. The summed E-state index contributed by atoms with van der Waals surface area (Å²) < 4.78 is 3.69. The Morgan fingerprint density at radius 2 is 1.70 bits per heavy atom. The van der Waals surface area contributed by atoms with Crippen LogP contribution >= 0.6 is 0 Å². The molecule has 1 heterocycles. The van der Waals surface area contributed by atoms with Gasteiger partial charge >= 0.3 is 11.7 Å². The quantitative estimate of drug-likeness (QED) is 0.557. The molecule has 0 fully saturated rings. The molecule has 30 heavy (non-hydrogen) atoms. The van der Waals surface area contributed by atoms with Crippen molar-refractivity contribution in [2.75, 3.05) is 0 Å². The van der Waals surface area contributed by atoms with Gasteiger partial charge in [0.15, 0.2) is 0 Å². The van der Waals surface area contributed by atoms with Crippen molar-refractivity contribution in [2.45, 2.75) is 53.1 Å². The summed E-state index contributed by atoms with van der Waals surface area (Å²) in [6, 6.07) is 14.8. The molecule has 1 atom stereocenters. The average molecular weight is 407 g/mol. The fourth-order valence-electron chi connectivity index (χ4n) is 3.73. The van der Waals surface area contributed by atoms with Crippen molar-refractivity contribution in [2.24, 2.45) is 5.92 Å². The molecule has 1 aromatic heterocycles. The molecule has 3 rings (SSSR count). The van der Waals surface area contributed by atoms with Gasteiger partial charge in [-0.05, 0) is 41.0 Å². The number of hydrogen-bond donors (Lipinski definition) is 1. The number of aromatic nitrogens is 2. The maximum atomic E-state index is 13.0. The Labute approximate surface area is 177 Å². The molecule has 0 saturated carbocycles. The zero-order valence-corrected chi connectivity index (χ0v) is 18.1. The second kappa shape index (κ2) is 9.16.